The highest BCUT2D eigenvalue weighted by atomic mass is 32.2. The zero-order chi connectivity index (χ0) is 18.2. The molecule has 2 saturated heterocycles. The minimum Gasteiger partial charge on any atom is -0.316 e. The molecule has 1 amide bonds. The number of aliphatic imine (C=N–C) groups is 1. The maximum absolute atomic E-state index is 12.2. The second kappa shape index (κ2) is 7.11. The van der Waals surface area contributed by atoms with E-state index in [9.17, 15) is 13.2 Å². The molecule has 1 aromatic carbocycles. The maximum Gasteiger partial charge on any atom is 0.248 e. The van der Waals surface area contributed by atoms with Gasteiger partial charge < -0.3 is 4.90 Å². The Kier molecular flexibility index (Phi) is 5.25. The Bertz CT molecular complexity index is 818. The zero-order valence-corrected chi connectivity index (χ0v) is 16.5. The van der Waals surface area contributed by atoms with E-state index >= 15 is 0 Å². The number of benzene rings is 1. The summed E-state index contributed by atoms with van der Waals surface area (Å²) in [5.41, 5.74) is 3.24. The van der Waals surface area contributed by atoms with Crippen molar-refractivity contribution in [2.24, 2.45) is 4.99 Å². The van der Waals surface area contributed by atoms with Crippen LogP contribution in [0, 0.1) is 13.8 Å². The van der Waals surface area contributed by atoms with Crippen molar-refractivity contribution in [3.05, 3.63) is 29.3 Å². The molecule has 2 fully saturated rings. The molecule has 2 aliphatic heterocycles. The van der Waals surface area contributed by atoms with E-state index in [1.54, 1.807) is 0 Å². The van der Waals surface area contributed by atoms with Crippen LogP contribution in [0.3, 0.4) is 0 Å². The van der Waals surface area contributed by atoms with Crippen LogP contribution in [0.15, 0.2) is 23.2 Å². The predicted molar refractivity (Wildman–Crippen MR) is 104 cm³/mol. The summed E-state index contributed by atoms with van der Waals surface area (Å²) in [6, 6.07) is 5.93. The summed E-state index contributed by atoms with van der Waals surface area (Å²) in [5.74, 6) is 0.159. The van der Waals surface area contributed by atoms with Crippen LogP contribution in [-0.2, 0) is 14.6 Å². The molecule has 0 aromatic heterocycles. The average Bonchev–Trinajstić information content (AvgIpc) is 2.99. The number of sulfone groups is 1. The Morgan fingerprint density at radius 2 is 2.04 bits per heavy atom. The first-order valence-corrected chi connectivity index (χ1v) is 11.4. The van der Waals surface area contributed by atoms with Gasteiger partial charge in [0.15, 0.2) is 15.0 Å². The van der Waals surface area contributed by atoms with E-state index in [0.29, 0.717) is 11.6 Å². The summed E-state index contributed by atoms with van der Waals surface area (Å²) in [4.78, 5) is 18.5. The minimum atomic E-state index is -3.03. The highest BCUT2D eigenvalue weighted by Gasteiger charge is 2.49. The van der Waals surface area contributed by atoms with E-state index < -0.39 is 9.84 Å². The van der Waals surface area contributed by atoms with Crippen molar-refractivity contribution in [2.75, 3.05) is 16.4 Å². The Morgan fingerprint density at radius 1 is 1.28 bits per heavy atom. The fourth-order valence-electron chi connectivity index (χ4n) is 3.23. The van der Waals surface area contributed by atoms with E-state index in [0.717, 1.165) is 24.1 Å². The number of carbonyl (C=O) groups excluding carboxylic acids is 1. The molecule has 2 aliphatic rings. The van der Waals surface area contributed by atoms with Gasteiger partial charge in [-0.05, 0) is 43.5 Å². The predicted octanol–water partition coefficient (Wildman–Crippen LogP) is 3.10. The van der Waals surface area contributed by atoms with E-state index in [-0.39, 0.29) is 28.7 Å². The van der Waals surface area contributed by atoms with Gasteiger partial charge in [-0.15, -0.1) is 0 Å². The SMILES string of the molecule is CCCCC(=O)N=C1S[C@@H]2CS(=O)(=O)C[C@@H]2N1c1ccc(C)c(C)c1. The highest BCUT2D eigenvalue weighted by molar-refractivity contribution is 8.16. The van der Waals surface area contributed by atoms with Crippen LogP contribution in [0.4, 0.5) is 5.69 Å². The van der Waals surface area contributed by atoms with Gasteiger partial charge in [-0.3, -0.25) is 4.79 Å². The summed E-state index contributed by atoms with van der Waals surface area (Å²) in [5, 5.41) is 0.596. The lowest BCUT2D eigenvalue weighted by Crippen LogP contribution is -2.37. The van der Waals surface area contributed by atoms with Gasteiger partial charge in [0.05, 0.1) is 17.5 Å². The fourth-order valence-corrected chi connectivity index (χ4v) is 7.16. The van der Waals surface area contributed by atoms with Crippen molar-refractivity contribution in [3.63, 3.8) is 0 Å². The number of anilines is 1. The van der Waals surface area contributed by atoms with Crippen LogP contribution in [0.5, 0.6) is 0 Å². The van der Waals surface area contributed by atoms with Crippen LogP contribution < -0.4 is 4.90 Å². The number of fused-ring (bicyclic) bond motifs is 1. The van der Waals surface area contributed by atoms with Crippen molar-refractivity contribution < 1.29 is 13.2 Å². The van der Waals surface area contributed by atoms with Gasteiger partial charge in [-0.2, -0.15) is 4.99 Å². The number of hydrogen-bond acceptors (Lipinski definition) is 4. The zero-order valence-electron chi connectivity index (χ0n) is 14.9. The Balaban J connectivity index is 1.96. The smallest absolute Gasteiger partial charge is 0.248 e. The Hall–Kier alpha value is -1.34. The largest absolute Gasteiger partial charge is 0.316 e. The minimum absolute atomic E-state index is 0.0515. The molecule has 25 heavy (non-hydrogen) atoms. The van der Waals surface area contributed by atoms with Crippen LogP contribution in [0.1, 0.15) is 37.3 Å². The second-order valence-electron chi connectivity index (χ2n) is 6.83. The van der Waals surface area contributed by atoms with Gasteiger partial charge >= 0.3 is 0 Å². The quantitative estimate of drug-likeness (QED) is 0.803. The van der Waals surface area contributed by atoms with Crippen molar-refractivity contribution >= 4 is 38.4 Å². The summed E-state index contributed by atoms with van der Waals surface area (Å²) in [6.07, 6.45) is 2.22. The number of unbranched alkanes of at least 4 members (excludes halogenated alkanes) is 1. The van der Waals surface area contributed by atoms with Crippen LogP contribution in [-0.4, -0.2) is 42.3 Å². The first kappa shape index (κ1) is 18.5. The summed E-state index contributed by atoms with van der Waals surface area (Å²) >= 11 is 1.43. The first-order chi connectivity index (χ1) is 11.8. The Morgan fingerprint density at radius 3 is 2.72 bits per heavy atom. The third-order valence-electron chi connectivity index (χ3n) is 4.80. The number of amides is 1. The number of aryl methyl sites for hydroxylation is 2. The number of carbonyl (C=O) groups is 1. The molecule has 0 spiro atoms. The average molecular weight is 381 g/mol. The molecule has 1 aromatic rings. The van der Waals surface area contributed by atoms with Gasteiger partial charge in [0.25, 0.3) is 0 Å². The topological polar surface area (TPSA) is 66.8 Å². The summed E-state index contributed by atoms with van der Waals surface area (Å²) < 4.78 is 24.1. The molecule has 136 valence electrons. The third kappa shape index (κ3) is 3.92. The fraction of sp³-hybridized carbons (Fsp3) is 0.556. The van der Waals surface area contributed by atoms with Gasteiger partial charge in [0.2, 0.25) is 5.91 Å². The lowest BCUT2D eigenvalue weighted by Gasteiger charge is -2.25. The number of hydrogen-bond donors (Lipinski definition) is 0. The monoisotopic (exact) mass is 380 g/mol. The van der Waals surface area contributed by atoms with Crippen molar-refractivity contribution in [2.45, 2.75) is 51.3 Å². The molecule has 0 radical (unpaired) electrons. The van der Waals surface area contributed by atoms with E-state index in [1.807, 2.05) is 37.8 Å². The lowest BCUT2D eigenvalue weighted by atomic mass is 10.1. The van der Waals surface area contributed by atoms with E-state index in [1.165, 1.54) is 17.3 Å². The molecule has 3 rings (SSSR count). The lowest BCUT2D eigenvalue weighted by molar-refractivity contribution is -0.117. The Labute approximate surface area is 153 Å². The number of nitrogens with zero attached hydrogens (tertiary/aromatic N) is 2. The molecular formula is C18H24N2O3S2. The van der Waals surface area contributed by atoms with E-state index in [2.05, 4.69) is 11.1 Å². The maximum atomic E-state index is 12.2. The number of rotatable bonds is 4. The van der Waals surface area contributed by atoms with Crippen LogP contribution >= 0.6 is 11.8 Å². The van der Waals surface area contributed by atoms with Gasteiger partial charge in [-0.25, -0.2) is 8.42 Å². The summed E-state index contributed by atoms with van der Waals surface area (Å²) in [6.45, 7) is 6.12. The van der Waals surface area contributed by atoms with Gasteiger partial charge in [0.1, 0.15) is 0 Å². The molecule has 0 bridgehead atoms. The van der Waals surface area contributed by atoms with Crippen molar-refractivity contribution in [3.8, 4) is 0 Å². The van der Waals surface area contributed by atoms with Crippen molar-refractivity contribution in [1.82, 2.24) is 0 Å². The van der Waals surface area contributed by atoms with Crippen LogP contribution in [0.25, 0.3) is 0 Å². The van der Waals surface area contributed by atoms with E-state index in [4.69, 9.17) is 0 Å². The van der Waals surface area contributed by atoms with Crippen molar-refractivity contribution in [1.29, 1.82) is 0 Å². The molecule has 0 aliphatic carbocycles. The second-order valence-corrected chi connectivity index (χ2v) is 10.2. The summed E-state index contributed by atoms with van der Waals surface area (Å²) in [7, 11) is -3.03. The molecule has 2 heterocycles. The molecule has 0 N–H and O–H groups in total. The molecular weight excluding hydrogens is 356 g/mol. The van der Waals surface area contributed by atoms with Gasteiger partial charge in [0, 0.05) is 17.4 Å². The number of amidine groups is 1. The molecule has 2 atom stereocenters. The van der Waals surface area contributed by atoms with Crippen LogP contribution in [0.2, 0.25) is 0 Å². The third-order valence-corrected chi connectivity index (χ3v) is 8.01. The molecule has 0 saturated carbocycles. The molecule has 0 unspecified atom stereocenters. The molecule has 5 nitrogen and oxygen atoms in total. The molecule has 7 heteroatoms. The first-order valence-electron chi connectivity index (χ1n) is 8.66. The highest BCUT2D eigenvalue weighted by Crippen LogP contribution is 2.41. The van der Waals surface area contributed by atoms with Gasteiger partial charge in [-0.1, -0.05) is 31.2 Å². The normalized spacial score (nSPS) is 26.2. The standard InChI is InChI=1S/C18H24N2O3S2/c1-4-5-6-17(21)19-18-20(14-8-7-12(2)13(3)9-14)15-10-25(22,23)11-16(15)24-18/h7-9,15-16H,4-6,10-11H2,1-3H3/t15-,16+/m0/s1. The number of thioether (sulfide) groups is 1.